The third kappa shape index (κ3) is 5.72. The number of amides is 1. The smallest absolute Gasteiger partial charge is 0.227 e. The summed E-state index contributed by atoms with van der Waals surface area (Å²) in [4.78, 5) is 14.4. The standard InChI is InChI=1S/C16H26N2O2/c1-4-17-12-14(2)16(19)18(10-11-20-3)13-15-8-6-5-7-9-15/h5-9,14,17H,4,10-13H2,1-3H3. The van der Waals surface area contributed by atoms with Gasteiger partial charge in [-0.15, -0.1) is 0 Å². The number of hydrogen-bond donors (Lipinski definition) is 1. The number of nitrogens with zero attached hydrogens (tertiary/aromatic N) is 1. The molecule has 1 atom stereocenters. The van der Waals surface area contributed by atoms with Crippen LogP contribution in [0, 0.1) is 5.92 Å². The van der Waals surface area contributed by atoms with Crippen molar-refractivity contribution in [3.63, 3.8) is 0 Å². The van der Waals surface area contributed by atoms with Crippen LogP contribution in [0.15, 0.2) is 30.3 Å². The lowest BCUT2D eigenvalue weighted by Gasteiger charge is -2.26. The van der Waals surface area contributed by atoms with E-state index >= 15 is 0 Å². The van der Waals surface area contributed by atoms with Gasteiger partial charge in [0, 0.05) is 32.7 Å². The number of carbonyl (C=O) groups excluding carboxylic acids is 1. The van der Waals surface area contributed by atoms with Crippen LogP contribution in [-0.4, -0.2) is 44.2 Å². The molecule has 1 aromatic carbocycles. The van der Waals surface area contributed by atoms with E-state index in [9.17, 15) is 4.79 Å². The van der Waals surface area contributed by atoms with E-state index in [4.69, 9.17) is 4.74 Å². The van der Waals surface area contributed by atoms with Crippen molar-refractivity contribution in [2.45, 2.75) is 20.4 Å². The molecule has 0 heterocycles. The largest absolute Gasteiger partial charge is 0.383 e. The number of carbonyl (C=O) groups is 1. The van der Waals surface area contributed by atoms with Crippen LogP contribution in [-0.2, 0) is 16.1 Å². The third-order valence-electron chi connectivity index (χ3n) is 3.22. The number of methoxy groups -OCH3 is 1. The monoisotopic (exact) mass is 278 g/mol. The maximum atomic E-state index is 12.5. The van der Waals surface area contributed by atoms with Crippen LogP contribution in [0.3, 0.4) is 0 Å². The van der Waals surface area contributed by atoms with Crippen molar-refractivity contribution in [3.8, 4) is 0 Å². The summed E-state index contributed by atoms with van der Waals surface area (Å²) in [6.45, 7) is 7.44. The Labute approximate surface area is 122 Å². The summed E-state index contributed by atoms with van der Waals surface area (Å²) >= 11 is 0. The second-order valence-electron chi connectivity index (χ2n) is 4.95. The topological polar surface area (TPSA) is 41.6 Å². The fourth-order valence-electron chi connectivity index (χ4n) is 2.03. The molecule has 1 N–H and O–H groups in total. The number of rotatable bonds is 9. The van der Waals surface area contributed by atoms with Crippen LogP contribution in [0.4, 0.5) is 0 Å². The summed E-state index contributed by atoms with van der Waals surface area (Å²) in [6, 6.07) is 10.1. The molecular weight excluding hydrogens is 252 g/mol. The molecule has 112 valence electrons. The molecule has 0 radical (unpaired) electrons. The van der Waals surface area contributed by atoms with Crippen molar-refractivity contribution in [2.24, 2.45) is 5.92 Å². The Kier molecular flexibility index (Phi) is 7.92. The quantitative estimate of drug-likeness (QED) is 0.750. The van der Waals surface area contributed by atoms with Gasteiger partial charge in [-0.05, 0) is 12.1 Å². The van der Waals surface area contributed by atoms with Crippen LogP contribution < -0.4 is 5.32 Å². The van der Waals surface area contributed by atoms with Crippen molar-refractivity contribution in [1.82, 2.24) is 10.2 Å². The predicted molar refractivity (Wildman–Crippen MR) is 81.4 cm³/mol. The van der Waals surface area contributed by atoms with Gasteiger partial charge in [0.05, 0.1) is 6.61 Å². The van der Waals surface area contributed by atoms with Gasteiger partial charge in [-0.2, -0.15) is 0 Å². The summed E-state index contributed by atoms with van der Waals surface area (Å²) in [5, 5.41) is 3.23. The highest BCUT2D eigenvalue weighted by atomic mass is 16.5. The Morgan fingerprint density at radius 2 is 2.05 bits per heavy atom. The van der Waals surface area contributed by atoms with Gasteiger partial charge in [0.25, 0.3) is 0 Å². The molecule has 0 aliphatic heterocycles. The van der Waals surface area contributed by atoms with E-state index in [2.05, 4.69) is 5.32 Å². The molecule has 1 rings (SSSR count). The lowest BCUT2D eigenvalue weighted by atomic mass is 10.1. The molecule has 0 saturated heterocycles. The van der Waals surface area contributed by atoms with Crippen molar-refractivity contribution in [3.05, 3.63) is 35.9 Å². The summed E-state index contributed by atoms with van der Waals surface area (Å²) in [5.41, 5.74) is 1.15. The highest BCUT2D eigenvalue weighted by Gasteiger charge is 2.20. The molecule has 0 aliphatic carbocycles. The highest BCUT2D eigenvalue weighted by Crippen LogP contribution is 2.09. The highest BCUT2D eigenvalue weighted by molar-refractivity contribution is 5.78. The average Bonchev–Trinajstić information content (AvgIpc) is 2.49. The zero-order valence-electron chi connectivity index (χ0n) is 12.8. The van der Waals surface area contributed by atoms with E-state index in [1.54, 1.807) is 7.11 Å². The first kappa shape index (κ1) is 16.7. The maximum absolute atomic E-state index is 12.5. The molecule has 4 nitrogen and oxygen atoms in total. The first-order valence-electron chi connectivity index (χ1n) is 7.21. The van der Waals surface area contributed by atoms with E-state index in [0.29, 0.717) is 26.2 Å². The van der Waals surface area contributed by atoms with Crippen molar-refractivity contribution >= 4 is 5.91 Å². The van der Waals surface area contributed by atoms with Crippen LogP contribution in [0.1, 0.15) is 19.4 Å². The van der Waals surface area contributed by atoms with Crippen molar-refractivity contribution < 1.29 is 9.53 Å². The van der Waals surface area contributed by atoms with Crippen LogP contribution in [0.25, 0.3) is 0 Å². The second kappa shape index (κ2) is 9.50. The average molecular weight is 278 g/mol. The van der Waals surface area contributed by atoms with Gasteiger partial charge in [0.2, 0.25) is 5.91 Å². The Bertz CT molecular complexity index is 381. The molecule has 20 heavy (non-hydrogen) atoms. The fourth-order valence-corrected chi connectivity index (χ4v) is 2.03. The summed E-state index contributed by atoms with van der Waals surface area (Å²) in [6.07, 6.45) is 0. The Morgan fingerprint density at radius 3 is 2.65 bits per heavy atom. The zero-order valence-corrected chi connectivity index (χ0v) is 12.8. The van der Waals surface area contributed by atoms with Gasteiger partial charge in [0.15, 0.2) is 0 Å². The molecule has 1 aromatic rings. The molecule has 4 heteroatoms. The van der Waals surface area contributed by atoms with Crippen LogP contribution >= 0.6 is 0 Å². The van der Waals surface area contributed by atoms with Gasteiger partial charge in [-0.1, -0.05) is 44.2 Å². The van der Waals surface area contributed by atoms with Gasteiger partial charge in [-0.3, -0.25) is 4.79 Å². The normalized spacial score (nSPS) is 12.2. The summed E-state index contributed by atoms with van der Waals surface area (Å²) < 4.78 is 5.11. The lowest BCUT2D eigenvalue weighted by molar-refractivity contribution is -0.136. The van der Waals surface area contributed by atoms with E-state index in [-0.39, 0.29) is 11.8 Å². The molecule has 0 aromatic heterocycles. The summed E-state index contributed by atoms with van der Waals surface area (Å²) in [5.74, 6) is 0.155. The van der Waals surface area contributed by atoms with Gasteiger partial charge in [-0.25, -0.2) is 0 Å². The summed E-state index contributed by atoms with van der Waals surface area (Å²) in [7, 11) is 1.66. The van der Waals surface area contributed by atoms with E-state index < -0.39 is 0 Å². The number of nitrogens with one attached hydrogen (secondary N) is 1. The minimum Gasteiger partial charge on any atom is -0.383 e. The molecule has 0 bridgehead atoms. The Morgan fingerprint density at radius 1 is 1.35 bits per heavy atom. The zero-order chi connectivity index (χ0) is 14.8. The Balaban J connectivity index is 2.65. The van der Waals surface area contributed by atoms with Crippen LogP contribution in [0.5, 0.6) is 0 Å². The second-order valence-corrected chi connectivity index (χ2v) is 4.95. The molecule has 0 aliphatic rings. The lowest BCUT2D eigenvalue weighted by Crippen LogP contribution is -2.40. The maximum Gasteiger partial charge on any atom is 0.227 e. The molecule has 1 amide bonds. The molecule has 1 unspecified atom stereocenters. The van der Waals surface area contributed by atoms with Crippen molar-refractivity contribution in [2.75, 3.05) is 33.4 Å². The molecule has 0 spiro atoms. The minimum atomic E-state index is -0.0180. The molecular formula is C16H26N2O2. The predicted octanol–water partition coefficient (Wildman–Crippen LogP) is 1.91. The number of benzene rings is 1. The number of ether oxygens (including phenoxy) is 1. The van der Waals surface area contributed by atoms with Crippen LogP contribution in [0.2, 0.25) is 0 Å². The Hall–Kier alpha value is -1.39. The molecule has 0 saturated carbocycles. The first-order chi connectivity index (χ1) is 9.69. The van der Waals surface area contributed by atoms with Gasteiger partial charge >= 0.3 is 0 Å². The van der Waals surface area contributed by atoms with E-state index in [0.717, 1.165) is 12.1 Å². The molecule has 0 fully saturated rings. The fraction of sp³-hybridized carbons (Fsp3) is 0.562. The SMILES string of the molecule is CCNCC(C)C(=O)N(CCOC)Cc1ccccc1. The van der Waals surface area contributed by atoms with E-state index in [1.807, 2.05) is 49.1 Å². The van der Waals surface area contributed by atoms with Gasteiger partial charge < -0.3 is 15.0 Å². The minimum absolute atomic E-state index is 0.0180. The van der Waals surface area contributed by atoms with Crippen molar-refractivity contribution in [1.29, 1.82) is 0 Å². The van der Waals surface area contributed by atoms with E-state index in [1.165, 1.54) is 0 Å². The van der Waals surface area contributed by atoms with Gasteiger partial charge in [0.1, 0.15) is 0 Å². The first-order valence-corrected chi connectivity index (χ1v) is 7.21. The third-order valence-corrected chi connectivity index (χ3v) is 3.22. The number of hydrogen-bond acceptors (Lipinski definition) is 3.